The van der Waals surface area contributed by atoms with Gasteiger partial charge in [-0.15, -0.1) is 0 Å². The first kappa shape index (κ1) is 12.7. The van der Waals surface area contributed by atoms with Crippen molar-refractivity contribution in [3.05, 3.63) is 29.8 Å². The van der Waals surface area contributed by atoms with Crippen LogP contribution in [0.25, 0.3) is 0 Å². The third kappa shape index (κ3) is 4.80. The average molecular weight is 231 g/mol. The van der Waals surface area contributed by atoms with Gasteiger partial charge in [0, 0.05) is 18.7 Å². The van der Waals surface area contributed by atoms with E-state index in [0.29, 0.717) is 24.2 Å². The van der Waals surface area contributed by atoms with E-state index in [-0.39, 0.29) is 11.8 Å². The standard InChI is InChI=1S/C12H13N3O2/c1-9(16)6-7-14-12(17)15-11-4-2-10(8-13)3-5-11/h2-5H,6-7H2,1H3,(H2,14,15,17). The summed E-state index contributed by atoms with van der Waals surface area (Å²) in [6, 6.07) is 8.14. The third-order valence-electron chi connectivity index (χ3n) is 2.03. The van der Waals surface area contributed by atoms with Gasteiger partial charge in [-0.2, -0.15) is 5.26 Å². The summed E-state index contributed by atoms with van der Waals surface area (Å²) in [4.78, 5) is 22.0. The van der Waals surface area contributed by atoms with Gasteiger partial charge in [-0.25, -0.2) is 4.79 Å². The Morgan fingerprint density at radius 2 is 1.94 bits per heavy atom. The molecule has 5 nitrogen and oxygen atoms in total. The zero-order valence-electron chi connectivity index (χ0n) is 9.49. The van der Waals surface area contributed by atoms with Gasteiger partial charge in [0.15, 0.2) is 0 Å². The molecule has 1 aromatic carbocycles. The maximum Gasteiger partial charge on any atom is 0.319 e. The fourth-order valence-electron chi connectivity index (χ4n) is 1.16. The number of Topliss-reactive ketones (excluding diaryl/α,β-unsaturated/α-hetero) is 1. The molecule has 17 heavy (non-hydrogen) atoms. The van der Waals surface area contributed by atoms with Crippen LogP contribution in [0.3, 0.4) is 0 Å². The fraction of sp³-hybridized carbons (Fsp3) is 0.250. The Kier molecular flexibility index (Phi) is 4.70. The SMILES string of the molecule is CC(=O)CCNC(=O)Nc1ccc(C#N)cc1. The predicted octanol–water partition coefficient (Wildman–Crippen LogP) is 1.66. The van der Waals surface area contributed by atoms with E-state index in [1.165, 1.54) is 6.92 Å². The molecule has 0 aliphatic rings. The number of benzene rings is 1. The molecule has 1 aromatic rings. The number of carbonyl (C=O) groups is 2. The smallest absolute Gasteiger partial charge is 0.319 e. The van der Waals surface area contributed by atoms with Gasteiger partial charge in [0.2, 0.25) is 0 Å². The largest absolute Gasteiger partial charge is 0.337 e. The van der Waals surface area contributed by atoms with E-state index in [1.54, 1.807) is 24.3 Å². The second-order valence-electron chi connectivity index (χ2n) is 3.52. The van der Waals surface area contributed by atoms with Crippen LogP contribution in [0.2, 0.25) is 0 Å². The monoisotopic (exact) mass is 231 g/mol. The molecule has 0 saturated heterocycles. The number of rotatable bonds is 4. The minimum absolute atomic E-state index is 0.0312. The Morgan fingerprint density at radius 3 is 2.47 bits per heavy atom. The van der Waals surface area contributed by atoms with Crippen molar-refractivity contribution in [2.24, 2.45) is 0 Å². The van der Waals surface area contributed by atoms with Crippen LogP contribution in [0.15, 0.2) is 24.3 Å². The molecule has 0 aromatic heterocycles. The summed E-state index contributed by atoms with van der Waals surface area (Å²) in [5.74, 6) is 0.0312. The van der Waals surface area contributed by atoms with Gasteiger partial charge in [0.1, 0.15) is 5.78 Å². The highest BCUT2D eigenvalue weighted by Gasteiger charge is 2.01. The Morgan fingerprint density at radius 1 is 1.29 bits per heavy atom. The van der Waals surface area contributed by atoms with Gasteiger partial charge < -0.3 is 10.6 Å². The molecular formula is C12H13N3O2. The van der Waals surface area contributed by atoms with Gasteiger partial charge >= 0.3 is 6.03 Å². The van der Waals surface area contributed by atoms with Crippen molar-refractivity contribution < 1.29 is 9.59 Å². The zero-order valence-corrected chi connectivity index (χ0v) is 9.49. The quantitative estimate of drug-likeness (QED) is 0.826. The Bertz CT molecular complexity index is 446. The molecule has 0 unspecified atom stereocenters. The minimum Gasteiger partial charge on any atom is -0.337 e. The lowest BCUT2D eigenvalue weighted by Gasteiger charge is -2.06. The van der Waals surface area contributed by atoms with Gasteiger partial charge in [-0.05, 0) is 31.2 Å². The number of nitrogens with one attached hydrogen (secondary N) is 2. The van der Waals surface area contributed by atoms with Crippen LogP contribution in [0.1, 0.15) is 18.9 Å². The van der Waals surface area contributed by atoms with Crippen molar-refractivity contribution in [2.75, 3.05) is 11.9 Å². The number of amides is 2. The molecule has 88 valence electrons. The summed E-state index contributed by atoms with van der Waals surface area (Å²) in [7, 11) is 0. The first-order valence-corrected chi connectivity index (χ1v) is 5.16. The fourth-order valence-corrected chi connectivity index (χ4v) is 1.16. The van der Waals surface area contributed by atoms with Crippen LogP contribution in [0.4, 0.5) is 10.5 Å². The molecule has 5 heteroatoms. The maximum absolute atomic E-state index is 11.3. The topological polar surface area (TPSA) is 82.0 Å². The van der Waals surface area contributed by atoms with Crippen molar-refractivity contribution in [3.8, 4) is 6.07 Å². The van der Waals surface area contributed by atoms with Crippen molar-refractivity contribution >= 4 is 17.5 Å². The van der Waals surface area contributed by atoms with Crippen molar-refractivity contribution in [3.63, 3.8) is 0 Å². The van der Waals surface area contributed by atoms with Gasteiger partial charge in [-0.3, -0.25) is 4.79 Å². The Labute approximate surface area is 99.4 Å². The van der Waals surface area contributed by atoms with Crippen LogP contribution < -0.4 is 10.6 Å². The second-order valence-corrected chi connectivity index (χ2v) is 3.52. The summed E-state index contributed by atoms with van der Waals surface area (Å²) in [6.45, 7) is 1.79. The lowest BCUT2D eigenvalue weighted by atomic mass is 10.2. The highest BCUT2D eigenvalue weighted by Crippen LogP contribution is 2.08. The molecule has 2 amide bonds. The van der Waals surface area contributed by atoms with Gasteiger partial charge in [-0.1, -0.05) is 0 Å². The van der Waals surface area contributed by atoms with E-state index in [2.05, 4.69) is 10.6 Å². The first-order valence-electron chi connectivity index (χ1n) is 5.16. The average Bonchev–Trinajstić information content (AvgIpc) is 2.29. The summed E-state index contributed by atoms with van der Waals surface area (Å²) in [5.41, 5.74) is 1.14. The Hall–Kier alpha value is -2.35. The van der Waals surface area contributed by atoms with E-state index in [9.17, 15) is 9.59 Å². The molecule has 0 bridgehead atoms. The molecule has 0 radical (unpaired) electrons. The predicted molar refractivity (Wildman–Crippen MR) is 63.5 cm³/mol. The van der Waals surface area contributed by atoms with Crippen LogP contribution in [-0.4, -0.2) is 18.4 Å². The number of hydrogen-bond donors (Lipinski definition) is 2. The number of anilines is 1. The highest BCUT2D eigenvalue weighted by atomic mass is 16.2. The second kappa shape index (κ2) is 6.28. The summed E-state index contributed by atoms with van der Waals surface area (Å²) in [6.07, 6.45) is 0.320. The number of ketones is 1. The third-order valence-corrected chi connectivity index (χ3v) is 2.03. The molecule has 1 rings (SSSR count). The highest BCUT2D eigenvalue weighted by molar-refractivity contribution is 5.89. The molecule has 0 atom stereocenters. The van der Waals surface area contributed by atoms with Crippen LogP contribution in [-0.2, 0) is 4.79 Å². The summed E-state index contributed by atoms with van der Waals surface area (Å²) in [5, 5.41) is 13.7. The van der Waals surface area contributed by atoms with E-state index < -0.39 is 0 Å². The number of nitrogens with zero attached hydrogens (tertiary/aromatic N) is 1. The van der Waals surface area contributed by atoms with Gasteiger partial charge in [0.25, 0.3) is 0 Å². The zero-order chi connectivity index (χ0) is 12.7. The lowest BCUT2D eigenvalue weighted by Crippen LogP contribution is -2.30. The normalized spacial score (nSPS) is 9.18. The molecule has 0 saturated carbocycles. The molecule has 2 N–H and O–H groups in total. The molecular weight excluding hydrogens is 218 g/mol. The Balaban J connectivity index is 2.40. The number of carbonyl (C=O) groups excluding carboxylic acids is 2. The van der Waals surface area contributed by atoms with Crippen molar-refractivity contribution in [2.45, 2.75) is 13.3 Å². The van der Waals surface area contributed by atoms with E-state index in [4.69, 9.17) is 5.26 Å². The van der Waals surface area contributed by atoms with Crippen molar-refractivity contribution in [1.82, 2.24) is 5.32 Å². The van der Waals surface area contributed by atoms with Crippen molar-refractivity contribution in [1.29, 1.82) is 5.26 Å². The van der Waals surface area contributed by atoms with E-state index >= 15 is 0 Å². The van der Waals surface area contributed by atoms with E-state index in [1.807, 2.05) is 6.07 Å². The molecule has 0 aliphatic carbocycles. The van der Waals surface area contributed by atoms with E-state index in [0.717, 1.165) is 0 Å². The van der Waals surface area contributed by atoms with Crippen LogP contribution in [0.5, 0.6) is 0 Å². The number of hydrogen-bond acceptors (Lipinski definition) is 3. The maximum atomic E-state index is 11.3. The van der Waals surface area contributed by atoms with Gasteiger partial charge in [0.05, 0.1) is 11.6 Å². The lowest BCUT2D eigenvalue weighted by molar-refractivity contribution is -0.116. The first-order chi connectivity index (χ1) is 8.11. The molecule has 0 aliphatic heterocycles. The van der Waals surface area contributed by atoms with Crippen LogP contribution in [0, 0.1) is 11.3 Å². The number of nitriles is 1. The molecule has 0 spiro atoms. The summed E-state index contributed by atoms with van der Waals surface area (Å²) < 4.78 is 0. The van der Waals surface area contributed by atoms with Crippen LogP contribution >= 0.6 is 0 Å². The molecule has 0 fully saturated rings. The minimum atomic E-state index is -0.365. The number of urea groups is 1. The molecule has 0 heterocycles. The summed E-state index contributed by atoms with van der Waals surface area (Å²) >= 11 is 0.